The second kappa shape index (κ2) is 6.58. The smallest absolute Gasteiger partial charge is 0.205 e. The maximum atomic E-state index is 9.60. The Morgan fingerprint density at radius 3 is 2.63 bits per heavy atom. The Kier molecular flexibility index (Phi) is 4.23. The van der Waals surface area contributed by atoms with E-state index in [1.807, 2.05) is 6.07 Å². The van der Waals surface area contributed by atoms with Crippen molar-refractivity contribution in [1.29, 1.82) is 5.26 Å². The summed E-state index contributed by atoms with van der Waals surface area (Å²) in [7, 11) is 0. The van der Waals surface area contributed by atoms with Crippen molar-refractivity contribution in [3.63, 3.8) is 0 Å². The standard InChI is InChI=1S/C20H13Cl2N3O2/c21-14-3-1-2-12(19(14)22)15-6-7-16(26-15)18-11-5-4-10(24)8-17(11)27-20(25)13(18)9-23/h1-8,18H,24-25H2/t18-/m0/s1. The molecule has 0 saturated heterocycles. The molecular formula is C20H13Cl2N3O2. The summed E-state index contributed by atoms with van der Waals surface area (Å²) in [5, 5.41) is 10.4. The first-order chi connectivity index (χ1) is 13.0. The van der Waals surface area contributed by atoms with E-state index in [1.165, 1.54) is 0 Å². The first-order valence-electron chi connectivity index (χ1n) is 8.00. The molecule has 0 amide bonds. The van der Waals surface area contributed by atoms with E-state index >= 15 is 0 Å². The molecule has 0 radical (unpaired) electrons. The van der Waals surface area contributed by atoms with E-state index in [0.29, 0.717) is 38.6 Å². The Hall–Kier alpha value is -3.07. The van der Waals surface area contributed by atoms with E-state index in [1.54, 1.807) is 42.5 Å². The van der Waals surface area contributed by atoms with Crippen LogP contribution in [-0.2, 0) is 0 Å². The Morgan fingerprint density at radius 2 is 1.85 bits per heavy atom. The van der Waals surface area contributed by atoms with Crippen LogP contribution >= 0.6 is 23.2 Å². The maximum Gasteiger partial charge on any atom is 0.205 e. The van der Waals surface area contributed by atoms with E-state index < -0.39 is 5.92 Å². The van der Waals surface area contributed by atoms with Crippen LogP contribution in [0.2, 0.25) is 10.0 Å². The summed E-state index contributed by atoms with van der Waals surface area (Å²) < 4.78 is 11.6. The van der Waals surface area contributed by atoms with Gasteiger partial charge >= 0.3 is 0 Å². The van der Waals surface area contributed by atoms with E-state index in [0.717, 1.165) is 5.56 Å². The summed E-state index contributed by atoms with van der Waals surface area (Å²) in [6.07, 6.45) is 0. The van der Waals surface area contributed by atoms with Crippen molar-refractivity contribution >= 4 is 28.9 Å². The number of fused-ring (bicyclic) bond motifs is 1. The highest BCUT2D eigenvalue weighted by Gasteiger charge is 2.33. The van der Waals surface area contributed by atoms with Gasteiger partial charge in [0.05, 0.1) is 16.0 Å². The Labute approximate surface area is 165 Å². The van der Waals surface area contributed by atoms with Crippen LogP contribution in [0.4, 0.5) is 5.69 Å². The van der Waals surface area contributed by atoms with Gasteiger partial charge in [0, 0.05) is 22.9 Å². The highest BCUT2D eigenvalue weighted by Crippen LogP contribution is 2.44. The average molecular weight is 398 g/mol. The largest absolute Gasteiger partial charge is 0.460 e. The number of hydrogen-bond donors (Lipinski definition) is 2. The molecule has 2 aromatic carbocycles. The van der Waals surface area contributed by atoms with Gasteiger partial charge in [-0.1, -0.05) is 35.3 Å². The van der Waals surface area contributed by atoms with Gasteiger partial charge in [-0.05, 0) is 30.3 Å². The maximum absolute atomic E-state index is 9.60. The van der Waals surface area contributed by atoms with Gasteiger partial charge in [0.15, 0.2) is 0 Å². The Balaban J connectivity index is 1.85. The lowest BCUT2D eigenvalue weighted by Crippen LogP contribution is -2.20. The number of hydrogen-bond acceptors (Lipinski definition) is 5. The van der Waals surface area contributed by atoms with Crippen molar-refractivity contribution in [1.82, 2.24) is 0 Å². The molecule has 3 aromatic rings. The number of nitrogens with zero attached hydrogens (tertiary/aromatic N) is 1. The first kappa shape index (κ1) is 17.3. The van der Waals surface area contributed by atoms with Crippen molar-refractivity contribution in [3.8, 4) is 23.1 Å². The Morgan fingerprint density at radius 1 is 1.04 bits per heavy atom. The summed E-state index contributed by atoms with van der Waals surface area (Å²) in [5.41, 5.74) is 14.0. The van der Waals surface area contributed by atoms with Gasteiger partial charge in [-0.3, -0.25) is 0 Å². The molecule has 0 aliphatic carbocycles. The first-order valence-corrected chi connectivity index (χ1v) is 8.76. The fourth-order valence-corrected chi connectivity index (χ4v) is 3.50. The molecule has 0 unspecified atom stereocenters. The highest BCUT2D eigenvalue weighted by molar-refractivity contribution is 6.43. The number of rotatable bonds is 2. The predicted octanol–water partition coefficient (Wildman–Crippen LogP) is 5.05. The fourth-order valence-electron chi connectivity index (χ4n) is 3.11. The van der Waals surface area contributed by atoms with Crippen LogP contribution in [0.5, 0.6) is 5.75 Å². The SMILES string of the molecule is N#CC1=C(N)Oc2cc(N)ccc2[C@@H]1c1ccc(-c2cccc(Cl)c2Cl)o1. The number of furan rings is 1. The third-order valence-corrected chi connectivity index (χ3v) is 5.19. The molecule has 5 nitrogen and oxygen atoms in total. The van der Waals surface area contributed by atoms with Gasteiger partial charge in [0.2, 0.25) is 5.88 Å². The lowest BCUT2D eigenvalue weighted by molar-refractivity contribution is 0.385. The highest BCUT2D eigenvalue weighted by atomic mass is 35.5. The molecule has 1 aliphatic heterocycles. The van der Waals surface area contributed by atoms with E-state index in [4.69, 9.17) is 43.8 Å². The summed E-state index contributed by atoms with van der Waals surface area (Å²) in [5.74, 6) is 1.09. The van der Waals surface area contributed by atoms with Crippen LogP contribution in [0.1, 0.15) is 17.2 Å². The molecular weight excluding hydrogens is 385 g/mol. The van der Waals surface area contributed by atoms with Crippen molar-refractivity contribution in [2.24, 2.45) is 5.73 Å². The summed E-state index contributed by atoms with van der Waals surface area (Å²) in [6, 6.07) is 16.2. The number of benzene rings is 2. The van der Waals surface area contributed by atoms with Gasteiger partial charge in [-0.2, -0.15) is 5.26 Å². The van der Waals surface area contributed by atoms with Gasteiger partial charge in [0.25, 0.3) is 0 Å². The minimum atomic E-state index is -0.508. The van der Waals surface area contributed by atoms with Gasteiger partial charge in [-0.15, -0.1) is 0 Å². The predicted molar refractivity (Wildman–Crippen MR) is 104 cm³/mol. The quantitative estimate of drug-likeness (QED) is 0.589. The monoisotopic (exact) mass is 397 g/mol. The van der Waals surface area contributed by atoms with Crippen LogP contribution < -0.4 is 16.2 Å². The average Bonchev–Trinajstić information content (AvgIpc) is 3.12. The second-order valence-corrected chi connectivity index (χ2v) is 6.81. The van der Waals surface area contributed by atoms with Gasteiger partial charge in [-0.25, -0.2) is 0 Å². The van der Waals surface area contributed by atoms with Crippen molar-refractivity contribution in [2.45, 2.75) is 5.92 Å². The number of nitrogens with two attached hydrogens (primary N) is 2. The molecule has 1 aliphatic rings. The molecule has 7 heteroatoms. The summed E-state index contributed by atoms with van der Waals surface area (Å²) in [4.78, 5) is 0. The number of nitriles is 1. The van der Waals surface area contributed by atoms with Crippen molar-refractivity contribution < 1.29 is 9.15 Å². The van der Waals surface area contributed by atoms with Crippen LogP contribution in [0.3, 0.4) is 0 Å². The van der Waals surface area contributed by atoms with Crippen molar-refractivity contribution in [3.05, 3.63) is 81.4 Å². The molecule has 0 saturated carbocycles. The van der Waals surface area contributed by atoms with Crippen LogP contribution in [0.15, 0.2) is 64.4 Å². The number of anilines is 1. The van der Waals surface area contributed by atoms with Crippen molar-refractivity contribution in [2.75, 3.05) is 5.73 Å². The molecule has 0 fully saturated rings. The van der Waals surface area contributed by atoms with E-state index in [-0.39, 0.29) is 11.5 Å². The number of halogens is 2. The third kappa shape index (κ3) is 2.89. The zero-order chi connectivity index (χ0) is 19.1. The summed E-state index contributed by atoms with van der Waals surface area (Å²) in [6.45, 7) is 0. The topological polar surface area (TPSA) is 98.2 Å². The number of ether oxygens (including phenoxy) is 1. The molecule has 134 valence electrons. The van der Waals surface area contributed by atoms with Crippen LogP contribution in [0, 0.1) is 11.3 Å². The molecule has 27 heavy (non-hydrogen) atoms. The van der Waals surface area contributed by atoms with Gasteiger partial charge < -0.3 is 20.6 Å². The third-order valence-electron chi connectivity index (χ3n) is 4.37. The second-order valence-electron chi connectivity index (χ2n) is 6.03. The van der Waals surface area contributed by atoms with E-state index in [9.17, 15) is 5.26 Å². The Bertz CT molecular complexity index is 1130. The van der Waals surface area contributed by atoms with Crippen LogP contribution in [0.25, 0.3) is 11.3 Å². The molecule has 4 N–H and O–H groups in total. The molecule has 0 spiro atoms. The molecule has 1 aromatic heterocycles. The molecule has 4 rings (SSSR count). The number of nitrogen functional groups attached to an aromatic ring is 1. The molecule has 2 heterocycles. The number of allylic oxidation sites excluding steroid dienone is 1. The van der Waals surface area contributed by atoms with Crippen LogP contribution in [-0.4, -0.2) is 0 Å². The minimum absolute atomic E-state index is 0.0272. The lowest BCUT2D eigenvalue weighted by atomic mass is 9.87. The molecule has 1 atom stereocenters. The zero-order valence-electron chi connectivity index (χ0n) is 13.9. The van der Waals surface area contributed by atoms with E-state index in [2.05, 4.69) is 6.07 Å². The lowest BCUT2D eigenvalue weighted by Gasteiger charge is -2.25. The molecule has 0 bridgehead atoms. The zero-order valence-corrected chi connectivity index (χ0v) is 15.4. The minimum Gasteiger partial charge on any atom is -0.460 e. The van der Waals surface area contributed by atoms with Gasteiger partial charge in [0.1, 0.15) is 28.9 Å². The normalized spacial score (nSPS) is 15.8. The fraction of sp³-hybridized carbons (Fsp3) is 0.0500. The summed E-state index contributed by atoms with van der Waals surface area (Å²) >= 11 is 12.4.